The van der Waals surface area contributed by atoms with Crippen molar-refractivity contribution in [3.05, 3.63) is 36.3 Å². The Kier molecular flexibility index (Phi) is 2.92. The molecule has 2 N–H and O–H groups in total. The van der Waals surface area contributed by atoms with Gasteiger partial charge in [0, 0.05) is 11.8 Å². The third-order valence-electron chi connectivity index (χ3n) is 2.41. The lowest BCUT2D eigenvalue weighted by Crippen LogP contribution is -2.00. The fraction of sp³-hybridized carbons (Fsp3) is 0.0909. The zero-order valence-corrected chi connectivity index (χ0v) is 10.2. The minimum atomic E-state index is -3.26. The molecule has 6 nitrogen and oxygen atoms in total. The van der Waals surface area contributed by atoms with Crippen molar-refractivity contribution in [1.82, 2.24) is 9.97 Å². The van der Waals surface area contributed by atoms with Crippen molar-refractivity contribution >= 4 is 15.8 Å². The van der Waals surface area contributed by atoms with Crippen LogP contribution in [-0.4, -0.2) is 35.7 Å². The predicted octanol–water partition coefficient (Wildman–Crippen LogP) is 1.18. The molecule has 0 saturated heterocycles. The van der Waals surface area contributed by atoms with Gasteiger partial charge in [0.05, 0.1) is 11.2 Å². The Labute approximate surface area is 103 Å². The van der Waals surface area contributed by atoms with E-state index in [4.69, 9.17) is 5.11 Å². The van der Waals surface area contributed by atoms with Crippen LogP contribution in [0.3, 0.4) is 0 Å². The maximum absolute atomic E-state index is 11.3. The van der Waals surface area contributed by atoms with Crippen LogP contribution in [0.1, 0.15) is 10.5 Å². The third kappa shape index (κ3) is 2.25. The number of H-pyrrole nitrogens is 1. The van der Waals surface area contributed by atoms with Gasteiger partial charge in [-0.3, -0.25) is 0 Å². The molecule has 0 radical (unpaired) electrons. The molecular formula is C11H10N2O4S. The van der Waals surface area contributed by atoms with Crippen molar-refractivity contribution in [3.63, 3.8) is 0 Å². The van der Waals surface area contributed by atoms with Crippen molar-refractivity contribution in [2.75, 3.05) is 6.26 Å². The van der Waals surface area contributed by atoms with E-state index in [1.807, 2.05) is 0 Å². The van der Waals surface area contributed by atoms with Gasteiger partial charge < -0.3 is 10.1 Å². The number of aromatic nitrogens is 2. The number of carbonyl (C=O) groups is 1. The van der Waals surface area contributed by atoms with Crippen LogP contribution in [0.5, 0.6) is 0 Å². The Morgan fingerprint density at radius 2 is 1.89 bits per heavy atom. The van der Waals surface area contributed by atoms with E-state index in [0.29, 0.717) is 5.56 Å². The first-order chi connectivity index (χ1) is 8.39. The zero-order chi connectivity index (χ0) is 13.3. The van der Waals surface area contributed by atoms with E-state index >= 15 is 0 Å². The lowest BCUT2D eigenvalue weighted by molar-refractivity contribution is 0.0692. The summed E-state index contributed by atoms with van der Waals surface area (Å²) in [4.78, 5) is 17.5. The first-order valence-corrected chi connectivity index (χ1v) is 6.86. The molecule has 0 aliphatic carbocycles. The molecule has 0 fully saturated rings. The molecule has 0 saturated carbocycles. The highest BCUT2D eigenvalue weighted by atomic mass is 32.2. The molecule has 0 unspecified atom stereocenters. The lowest BCUT2D eigenvalue weighted by Gasteiger charge is -2.01. The highest BCUT2D eigenvalue weighted by Gasteiger charge is 2.15. The third-order valence-corrected chi connectivity index (χ3v) is 3.54. The van der Waals surface area contributed by atoms with Crippen molar-refractivity contribution in [3.8, 4) is 11.3 Å². The van der Waals surface area contributed by atoms with Crippen LogP contribution in [0, 0.1) is 0 Å². The number of hydrogen-bond donors (Lipinski definition) is 2. The first-order valence-electron chi connectivity index (χ1n) is 4.97. The van der Waals surface area contributed by atoms with Gasteiger partial charge in [0.15, 0.2) is 15.5 Å². The molecule has 0 atom stereocenters. The number of sulfone groups is 1. The topological polar surface area (TPSA) is 100 Å². The number of aromatic amines is 1. The average molecular weight is 266 g/mol. The number of nitrogens with zero attached hydrogens (tertiary/aromatic N) is 1. The lowest BCUT2D eigenvalue weighted by atomic mass is 10.1. The van der Waals surface area contributed by atoms with Crippen LogP contribution in [0.15, 0.2) is 35.5 Å². The fourth-order valence-corrected chi connectivity index (χ4v) is 2.17. The molecule has 94 valence electrons. The second-order valence-electron chi connectivity index (χ2n) is 3.73. The molecule has 1 heterocycles. The normalized spacial score (nSPS) is 11.4. The van der Waals surface area contributed by atoms with Crippen molar-refractivity contribution in [2.45, 2.75) is 4.90 Å². The number of benzene rings is 1. The Balaban J connectivity index is 2.47. The standard InChI is InChI=1S/C11H10N2O4S/c1-18(16,17)8-4-2-7(3-5-8)9-10(11(14)15)13-6-12-9/h2-6H,1H3,(H,12,13)(H,14,15). The number of carboxylic acids is 1. The average Bonchev–Trinajstić information content (AvgIpc) is 2.77. The Morgan fingerprint density at radius 3 is 2.39 bits per heavy atom. The van der Waals surface area contributed by atoms with E-state index in [-0.39, 0.29) is 16.3 Å². The summed E-state index contributed by atoms with van der Waals surface area (Å²) in [5, 5.41) is 8.93. The molecule has 2 rings (SSSR count). The van der Waals surface area contributed by atoms with Crippen LogP contribution >= 0.6 is 0 Å². The molecular weight excluding hydrogens is 256 g/mol. The zero-order valence-electron chi connectivity index (χ0n) is 9.41. The maximum atomic E-state index is 11.3. The Morgan fingerprint density at radius 1 is 1.28 bits per heavy atom. The minimum absolute atomic E-state index is 0.0258. The van der Waals surface area contributed by atoms with Gasteiger partial charge in [-0.15, -0.1) is 0 Å². The molecule has 0 spiro atoms. The molecule has 18 heavy (non-hydrogen) atoms. The first kappa shape index (κ1) is 12.3. The molecule has 0 aliphatic heterocycles. The van der Waals surface area contributed by atoms with Crippen molar-refractivity contribution in [1.29, 1.82) is 0 Å². The molecule has 1 aromatic heterocycles. The SMILES string of the molecule is CS(=O)(=O)c1ccc(-c2nc[nH]c2C(=O)O)cc1. The summed E-state index contributed by atoms with van der Waals surface area (Å²) < 4.78 is 22.6. The van der Waals surface area contributed by atoms with Crippen molar-refractivity contribution < 1.29 is 18.3 Å². The van der Waals surface area contributed by atoms with Crippen LogP contribution < -0.4 is 0 Å². The van der Waals surface area contributed by atoms with E-state index in [1.165, 1.54) is 30.6 Å². The quantitative estimate of drug-likeness (QED) is 0.868. The largest absolute Gasteiger partial charge is 0.477 e. The van der Waals surface area contributed by atoms with Gasteiger partial charge in [-0.05, 0) is 12.1 Å². The molecule has 2 aromatic rings. The van der Waals surface area contributed by atoms with Gasteiger partial charge in [-0.25, -0.2) is 18.2 Å². The molecule has 7 heteroatoms. The molecule has 0 aliphatic rings. The highest BCUT2D eigenvalue weighted by molar-refractivity contribution is 7.90. The van der Waals surface area contributed by atoms with Crippen LogP contribution in [0.2, 0.25) is 0 Å². The van der Waals surface area contributed by atoms with Gasteiger partial charge in [0.1, 0.15) is 5.69 Å². The summed E-state index contributed by atoms with van der Waals surface area (Å²) in [6.45, 7) is 0. The number of aromatic carboxylic acids is 1. The molecule has 0 amide bonds. The summed E-state index contributed by atoms with van der Waals surface area (Å²) in [7, 11) is -3.26. The van der Waals surface area contributed by atoms with Crippen molar-refractivity contribution in [2.24, 2.45) is 0 Å². The smallest absolute Gasteiger partial charge is 0.354 e. The van der Waals surface area contributed by atoms with Crippen LogP contribution in [0.25, 0.3) is 11.3 Å². The van der Waals surface area contributed by atoms with E-state index in [2.05, 4.69) is 9.97 Å². The van der Waals surface area contributed by atoms with E-state index in [0.717, 1.165) is 6.26 Å². The number of nitrogens with one attached hydrogen (secondary N) is 1. The number of imidazole rings is 1. The van der Waals surface area contributed by atoms with Gasteiger partial charge >= 0.3 is 5.97 Å². The van der Waals surface area contributed by atoms with Gasteiger partial charge in [-0.1, -0.05) is 12.1 Å². The monoisotopic (exact) mass is 266 g/mol. The predicted molar refractivity (Wildman–Crippen MR) is 64.1 cm³/mol. The summed E-state index contributed by atoms with van der Waals surface area (Å²) in [5.74, 6) is -1.12. The van der Waals surface area contributed by atoms with Gasteiger partial charge in [0.2, 0.25) is 0 Å². The number of hydrogen-bond acceptors (Lipinski definition) is 4. The fourth-order valence-electron chi connectivity index (χ4n) is 1.54. The maximum Gasteiger partial charge on any atom is 0.354 e. The minimum Gasteiger partial charge on any atom is -0.477 e. The highest BCUT2D eigenvalue weighted by Crippen LogP contribution is 2.22. The number of carboxylic acid groups (broad SMARTS) is 1. The summed E-state index contributed by atoms with van der Waals surface area (Å²) in [6.07, 6.45) is 2.39. The van der Waals surface area contributed by atoms with E-state index in [9.17, 15) is 13.2 Å². The van der Waals surface area contributed by atoms with Gasteiger partial charge in [0.25, 0.3) is 0 Å². The Hall–Kier alpha value is -2.15. The second-order valence-corrected chi connectivity index (χ2v) is 5.74. The second kappa shape index (κ2) is 4.26. The van der Waals surface area contributed by atoms with Crippen LogP contribution in [0.4, 0.5) is 0 Å². The summed E-state index contributed by atoms with van der Waals surface area (Å²) in [6, 6.07) is 5.90. The van der Waals surface area contributed by atoms with E-state index < -0.39 is 15.8 Å². The molecule has 1 aromatic carbocycles. The summed E-state index contributed by atoms with van der Waals surface area (Å²) >= 11 is 0. The van der Waals surface area contributed by atoms with E-state index in [1.54, 1.807) is 0 Å². The Bertz CT molecular complexity index is 686. The van der Waals surface area contributed by atoms with Gasteiger partial charge in [-0.2, -0.15) is 0 Å². The number of rotatable bonds is 3. The van der Waals surface area contributed by atoms with Crippen LogP contribution in [-0.2, 0) is 9.84 Å². The molecule has 0 bridgehead atoms. The summed E-state index contributed by atoms with van der Waals surface area (Å²) in [5.41, 5.74) is 0.797.